The molecule has 0 radical (unpaired) electrons. The average Bonchev–Trinajstić information content (AvgIpc) is 2.58. The second-order valence-corrected chi connectivity index (χ2v) is 5.43. The van der Waals surface area contributed by atoms with Crippen LogP contribution in [0.3, 0.4) is 0 Å². The summed E-state index contributed by atoms with van der Waals surface area (Å²) in [6.45, 7) is 1.30. The van der Waals surface area contributed by atoms with Crippen LogP contribution in [0.5, 0.6) is 5.75 Å². The predicted molar refractivity (Wildman–Crippen MR) is 81.6 cm³/mol. The average molecular weight is 334 g/mol. The Hall–Kier alpha value is -2.23. The third kappa shape index (κ3) is 3.58. The molecule has 5 nitrogen and oxygen atoms in total. The minimum Gasteiger partial charge on any atom is -0.489 e. The van der Waals surface area contributed by atoms with Crippen LogP contribution in [0.2, 0.25) is 5.28 Å². The molecule has 2 heterocycles. The number of halogens is 2. The topological polar surface area (TPSA) is 68.0 Å². The Bertz CT molecular complexity index is 757. The SMILES string of the molecule is N#Cc1cc(-c2nc(Cl)ncc2F)ccc1OC1CCOCC1. The summed E-state index contributed by atoms with van der Waals surface area (Å²) in [4.78, 5) is 7.46. The van der Waals surface area contributed by atoms with E-state index >= 15 is 0 Å². The molecule has 0 spiro atoms. The van der Waals surface area contributed by atoms with Crippen LogP contribution < -0.4 is 4.74 Å². The van der Waals surface area contributed by atoms with E-state index in [4.69, 9.17) is 21.1 Å². The number of rotatable bonds is 3. The second-order valence-electron chi connectivity index (χ2n) is 5.09. The standard InChI is InChI=1S/C16H13ClFN3O2/c17-16-20-9-13(18)15(21-16)10-1-2-14(11(7-10)8-19)23-12-3-5-22-6-4-12/h1-2,7,9,12H,3-6H2. The number of aromatic nitrogens is 2. The van der Waals surface area contributed by atoms with E-state index in [1.54, 1.807) is 12.1 Å². The van der Waals surface area contributed by atoms with Crippen LogP contribution in [0, 0.1) is 17.1 Å². The Morgan fingerprint density at radius 2 is 2.13 bits per heavy atom. The van der Waals surface area contributed by atoms with Gasteiger partial charge in [-0.3, -0.25) is 0 Å². The number of hydrogen-bond acceptors (Lipinski definition) is 5. The lowest BCUT2D eigenvalue weighted by molar-refractivity contribution is 0.0254. The van der Waals surface area contributed by atoms with Gasteiger partial charge in [-0.15, -0.1) is 0 Å². The fourth-order valence-electron chi connectivity index (χ4n) is 2.39. The van der Waals surface area contributed by atoms with Crippen molar-refractivity contribution < 1.29 is 13.9 Å². The van der Waals surface area contributed by atoms with E-state index in [1.165, 1.54) is 6.07 Å². The number of nitriles is 1. The summed E-state index contributed by atoms with van der Waals surface area (Å²) >= 11 is 5.71. The molecule has 0 bridgehead atoms. The van der Waals surface area contributed by atoms with Crippen LogP contribution >= 0.6 is 11.6 Å². The third-order valence-corrected chi connectivity index (χ3v) is 3.73. The highest BCUT2D eigenvalue weighted by Gasteiger charge is 2.18. The molecule has 0 saturated carbocycles. The van der Waals surface area contributed by atoms with Crippen molar-refractivity contribution in [3.05, 3.63) is 41.1 Å². The van der Waals surface area contributed by atoms with Gasteiger partial charge in [0.2, 0.25) is 5.28 Å². The van der Waals surface area contributed by atoms with Gasteiger partial charge >= 0.3 is 0 Å². The number of nitrogens with zero attached hydrogens (tertiary/aromatic N) is 3. The minimum absolute atomic E-state index is 0.0203. The molecule has 0 atom stereocenters. The normalized spacial score (nSPS) is 15.2. The largest absolute Gasteiger partial charge is 0.489 e. The molecule has 2 aromatic rings. The van der Waals surface area contributed by atoms with E-state index in [0.717, 1.165) is 19.0 Å². The molecule has 3 rings (SSSR count). The summed E-state index contributed by atoms with van der Waals surface area (Å²) in [5.74, 6) is -0.125. The van der Waals surface area contributed by atoms with Crippen molar-refractivity contribution >= 4 is 11.6 Å². The maximum atomic E-state index is 13.9. The molecule has 7 heteroatoms. The Morgan fingerprint density at radius 1 is 1.35 bits per heavy atom. The van der Waals surface area contributed by atoms with Crippen molar-refractivity contribution in [2.24, 2.45) is 0 Å². The highest BCUT2D eigenvalue weighted by atomic mass is 35.5. The first kappa shape index (κ1) is 15.7. The molecule has 1 aliphatic rings. The molecule has 1 aromatic carbocycles. The fourth-order valence-corrected chi connectivity index (χ4v) is 2.52. The molecule has 0 amide bonds. The molecule has 23 heavy (non-hydrogen) atoms. The first-order valence-corrected chi connectivity index (χ1v) is 7.52. The van der Waals surface area contributed by atoms with Crippen LogP contribution in [0.4, 0.5) is 4.39 Å². The zero-order chi connectivity index (χ0) is 16.2. The van der Waals surface area contributed by atoms with E-state index in [1.807, 2.05) is 0 Å². The van der Waals surface area contributed by atoms with E-state index in [0.29, 0.717) is 30.1 Å². The lowest BCUT2D eigenvalue weighted by Gasteiger charge is -2.23. The second kappa shape index (κ2) is 6.90. The zero-order valence-corrected chi connectivity index (χ0v) is 12.9. The Morgan fingerprint density at radius 3 is 2.87 bits per heavy atom. The van der Waals surface area contributed by atoms with Gasteiger partial charge in [0.25, 0.3) is 0 Å². The van der Waals surface area contributed by atoms with Gasteiger partial charge in [0.05, 0.1) is 25.0 Å². The van der Waals surface area contributed by atoms with Crippen LogP contribution in [-0.2, 0) is 4.74 Å². The van der Waals surface area contributed by atoms with Gasteiger partial charge in [-0.25, -0.2) is 14.4 Å². The van der Waals surface area contributed by atoms with Gasteiger partial charge in [0.15, 0.2) is 5.82 Å². The number of benzene rings is 1. The van der Waals surface area contributed by atoms with Gasteiger partial charge in [0.1, 0.15) is 23.6 Å². The smallest absolute Gasteiger partial charge is 0.223 e. The van der Waals surface area contributed by atoms with Gasteiger partial charge < -0.3 is 9.47 Å². The molecule has 1 aromatic heterocycles. The van der Waals surface area contributed by atoms with Gasteiger partial charge in [-0.05, 0) is 29.8 Å². The van der Waals surface area contributed by atoms with Crippen molar-refractivity contribution in [3.8, 4) is 23.1 Å². The third-order valence-electron chi connectivity index (χ3n) is 3.55. The van der Waals surface area contributed by atoms with Crippen LogP contribution in [0.1, 0.15) is 18.4 Å². The molecule has 0 unspecified atom stereocenters. The van der Waals surface area contributed by atoms with E-state index < -0.39 is 5.82 Å². The van der Waals surface area contributed by atoms with Crippen LogP contribution in [0.15, 0.2) is 24.4 Å². The van der Waals surface area contributed by atoms with Crippen molar-refractivity contribution in [2.75, 3.05) is 13.2 Å². The quantitative estimate of drug-likeness (QED) is 0.806. The zero-order valence-electron chi connectivity index (χ0n) is 12.1. The van der Waals surface area contributed by atoms with Crippen molar-refractivity contribution in [3.63, 3.8) is 0 Å². The van der Waals surface area contributed by atoms with Crippen molar-refractivity contribution in [1.82, 2.24) is 9.97 Å². The summed E-state index contributed by atoms with van der Waals surface area (Å²) < 4.78 is 25.0. The lowest BCUT2D eigenvalue weighted by atomic mass is 10.1. The summed E-state index contributed by atoms with van der Waals surface area (Å²) in [5, 5.41) is 9.28. The Labute approximate surface area is 137 Å². The summed E-state index contributed by atoms with van der Waals surface area (Å²) in [6.07, 6.45) is 2.58. The number of hydrogen-bond donors (Lipinski definition) is 0. The summed E-state index contributed by atoms with van der Waals surface area (Å²) in [7, 11) is 0. The molecule has 0 N–H and O–H groups in total. The van der Waals surface area contributed by atoms with Gasteiger partial charge in [-0.1, -0.05) is 0 Å². The monoisotopic (exact) mass is 333 g/mol. The molecule has 0 aliphatic carbocycles. The molecule has 118 valence electrons. The first-order valence-electron chi connectivity index (χ1n) is 7.14. The highest BCUT2D eigenvalue weighted by Crippen LogP contribution is 2.29. The van der Waals surface area contributed by atoms with Gasteiger partial charge in [0, 0.05) is 18.4 Å². The molecule has 1 saturated heterocycles. The van der Waals surface area contributed by atoms with Crippen molar-refractivity contribution in [2.45, 2.75) is 18.9 Å². The maximum Gasteiger partial charge on any atom is 0.223 e. The molecule has 1 fully saturated rings. The fraction of sp³-hybridized carbons (Fsp3) is 0.312. The predicted octanol–water partition coefficient (Wildman–Crippen LogP) is 3.37. The van der Waals surface area contributed by atoms with Crippen LogP contribution in [-0.4, -0.2) is 29.3 Å². The Kier molecular flexibility index (Phi) is 4.70. The molecular formula is C16H13ClFN3O2. The van der Waals surface area contributed by atoms with E-state index in [9.17, 15) is 9.65 Å². The van der Waals surface area contributed by atoms with Crippen molar-refractivity contribution in [1.29, 1.82) is 5.26 Å². The first-order chi connectivity index (χ1) is 11.2. The summed E-state index contributed by atoms with van der Waals surface area (Å²) in [6, 6.07) is 6.91. The minimum atomic E-state index is -0.601. The van der Waals surface area contributed by atoms with E-state index in [2.05, 4.69) is 16.0 Å². The highest BCUT2D eigenvalue weighted by molar-refractivity contribution is 6.28. The van der Waals surface area contributed by atoms with Crippen LogP contribution in [0.25, 0.3) is 11.3 Å². The van der Waals surface area contributed by atoms with E-state index in [-0.39, 0.29) is 17.1 Å². The number of ether oxygens (including phenoxy) is 2. The molecule has 1 aliphatic heterocycles. The Balaban J connectivity index is 1.90. The summed E-state index contributed by atoms with van der Waals surface area (Å²) in [5.41, 5.74) is 0.824. The molecular weight excluding hydrogens is 321 g/mol. The maximum absolute atomic E-state index is 13.9. The lowest BCUT2D eigenvalue weighted by Crippen LogP contribution is -2.26. The van der Waals surface area contributed by atoms with Gasteiger partial charge in [-0.2, -0.15) is 5.26 Å².